The molecule has 0 aliphatic heterocycles. The summed E-state index contributed by atoms with van der Waals surface area (Å²) in [5.74, 6) is 0. The maximum atomic E-state index is 6.18. The van der Waals surface area contributed by atoms with Crippen molar-refractivity contribution in [1.82, 2.24) is 9.97 Å². The fraction of sp³-hybridized carbons (Fsp3) is 0.125. The van der Waals surface area contributed by atoms with E-state index in [0.29, 0.717) is 0 Å². The van der Waals surface area contributed by atoms with Gasteiger partial charge in [-0.3, -0.25) is 9.97 Å². The maximum absolute atomic E-state index is 6.18. The SMILES string of the molecule is Clc1ccc(NCCc2ccncc2)c2ncccc12. The molecule has 2 aromatic heterocycles. The van der Waals surface area contributed by atoms with E-state index < -0.39 is 0 Å². The molecule has 100 valence electrons. The lowest BCUT2D eigenvalue weighted by molar-refractivity contribution is 1.01. The van der Waals surface area contributed by atoms with E-state index in [1.807, 2.05) is 48.8 Å². The zero-order valence-corrected chi connectivity index (χ0v) is 11.6. The lowest BCUT2D eigenvalue weighted by Gasteiger charge is -2.10. The number of fused-ring (bicyclic) bond motifs is 1. The first kappa shape index (κ1) is 12.9. The van der Waals surface area contributed by atoms with Gasteiger partial charge in [-0.05, 0) is 48.4 Å². The summed E-state index contributed by atoms with van der Waals surface area (Å²) >= 11 is 6.18. The minimum absolute atomic E-state index is 0.729. The van der Waals surface area contributed by atoms with Gasteiger partial charge in [0, 0.05) is 30.5 Å². The number of rotatable bonds is 4. The molecule has 0 unspecified atom stereocenters. The number of halogens is 1. The van der Waals surface area contributed by atoms with Crippen molar-refractivity contribution in [2.75, 3.05) is 11.9 Å². The van der Waals surface area contributed by atoms with Gasteiger partial charge in [-0.1, -0.05) is 11.6 Å². The molecule has 3 rings (SSSR count). The molecule has 0 saturated carbocycles. The molecular weight excluding hydrogens is 270 g/mol. The third-order valence-electron chi connectivity index (χ3n) is 3.19. The summed E-state index contributed by atoms with van der Waals surface area (Å²) in [5, 5.41) is 5.13. The maximum Gasteiger partial charge on any atom is 0.0948 e. The van der Waals surface area contributed by atoms with Gasteiger partial charge >= 0.3 is 0 Å². The smallest absolute Gasteiger partial charge is 0.0948 e. The molecule has 1 aromatic carbocycles. The molecule has 1 N–H and O–H groups in total. The van der Waals surface area contributed by atoms with E-state index in [9.17, 15) is 0 Å². The van der Waals surface area contributed by atoms with E-state index in [0.717, 1.165) is 34.6 Å². The van der Waals surface area contributed by atoms with Crippen molar-refractivity contribution >= 4 is 28.2 Å². The van der Waals surface area contributed by atoms with E-state index in [1.165, 1.54) is 5.56 Å². The third-order valence-corrected chi connectivity index (χ3v) is 3.52. The molecule has 3 aromatic rings. The number of nitrogens with zero attached hydrogens (tertiary/aromatic N) is 2. The second kappa shape index (κ2) is 5.88. The fourth-order valence-electron chi connectivity index (χ4n) is 2.17. The first-order valence-electron chi connectivity index (χ1n) is 6.50. The Morgan fingerprint density at radius 3 is 2.70 bits per heavy atom. The van der Waals surface area contributed by atoms with Crippen LogP contribution in [0, 0.1) is 0 Å². The number of nitrogens with one attached hydrogen (secondary N) is 1. The molecule has 0 atom stereocenters. The van der Waals surface area contributed by atoms with E-state index in [-0.39, 0.29) is 0 Å². The highest BCUT2D eigenvalue weighted by Gasteiger charge is 2.04. The third kappa shape index (κ3) is 2.73. The predicted octanol–water partition coefficient (Wildman–Crippen LogP) is 3.94. The van der Waals surface area contributed by atoms with E-state index >= 15 is 0 Å². The molecular formula is C16H14ClN3. The molecule has 20 heavy (non-hydrogen) atoms. The van der Waals surface area contributed by atoms with E-state index in [2.05, 4.69) is 15.3 Å². The molecule has 0 aliphatic rings. The summed E-state index contributed by atoms with van der Waals surface area (Å²) in [6.07, 6.45) is 6.36. The lowest BCUT2D eigenvalue weighted by Crippen LogP contribution is -2.05. The lowest BCUT2D eigenvalue weighted by atomic mass is 10.1. The molecule has 0 amide bonds. The summed E-state index contributed by atoms with van der Waals surface area (Å²) in [6.45, 7) is 0.845. The minimum atomic E-state index is 0.729. The minimum Gasteiger partial charge on any atom is -0.383 e. The Bertz CT molecular complexity index is 713. The van der Waals surface area contributed by atoms with Crippen LogP contribution in [0.4, 0.5) is 5.69 Å². The van der Waals surface area contributed by atoms with Gasteiger partial charge in [-0.15, -0.1) is 0 Å². The predicted molar refractivity (Wildman–Crippen MR) is 83.2 cm³/mol. The van der Waals surface area contributed by atoms with Gasteiger partial charge in [0.1, 0.15) is 0 Å². The Morgan fingerprint density at radius 1 is 1.00 bits per heavy atom. The van der Waals surface area contributed by atoms with Gasteiger partial charge in [-0.25, -0.2) is 0 Å². The van der Waals surface area contributed by atoms with Crippen LogP contribution in [0.3, 0.4) is 0 Å². The Labute approximate surface area is 122 Å². The highest BCUT2D eigenvalue weighted by Crippen LogP contribution is 2.27. The molecule has 0 aliphatic carbocycles. The molecule has 0 fully saturated rings. The number of hydrogen-bond donors (Lipinski definition) is 1. The summed E-state index contributed by atoms with van der Waals surface area (Å²) < 4.78 is 0. The van der Waals surface area contributed by atoms with E-state index in [1.54, 1.807) is 6.20 Å². The van der Waals surface area contributed by atoms with Crippen LogP contribution in [0.5, 0.6) is 0 Å². The molecule has 4 heteroatoms. The number of aromatic nitrogens is 2. The van der Waals surface area contributed by atoms with Gasteiger partial charge in [0.15, 0.2) is 0 Å². The van der Waals surface area contributed by atoms with Crippen LogP contribution >= 0.6 is 11.6 Å². The van der Waals surface area contributed by atoms with Crippen LogP contribution in [0.2, 0.25) is 5.02 Å². The molecule has 3 nitrogen and oxygen atoms in total. The Kier molecular flexibility index (Phi) is 3.79. The van der Waals surface area contributed by atoms with Crippen molar-refractivity contribution in [2.45, 2.75) is 6.42 Å². The van der Waals surface area contributed by atoms with E-state index in [4.69, 9.17) is 11.6 Å². The Morgan fingerprint density at radius 2 is 1.85 bits per heavy atom. The first-order valence-corrected chi connectivity index (χ1v) is 6.88. The second-order valence-corrected chi connectivity index (χ2v) is 4.93. The first-order chi connectivity index (χ1) is 9.84. The standard InChI is InChI=1S/C16H14ClN3/c17-14-3-4-15(16-13(14)2-1-8-20-16)19-11-7-12-5-9-18-10-6-12/h1-6,8-10,19H,7,11H2. The van der Waals surface area contributed by atoms with Gasteiger partial charge in [0.2, 0.25) is 0 Å². The highest BCUT2D eigenvalue weighted by molar-refractivity contribution is 6.35. The van der Waals surface area contributed by atoms with Crippen molar-refractivity contribution in [3.05, 3.63) is 65.6 Å². The van der Waals surface area contributed by atoms with Crippen molar-refractivity contribution in [3.63, 3.8) is 0 Å². The zero-order chi connectivity index (χ0) is 13.8. The largest absolute Gasteiger partial charge is 0.383 e. The highest BCUT2D eigenvalue weighted by atomic mass is 35.5. The zero-order valence-electron chi connectivity index (χ0n) is 10.9. The van der Waals surface area contributed by atoms with Gasteiger partial charge in [-0.2, -0.15) is 0 Å². The number of hydrogen-bond acceptors (Lipinski definition) is 3. The second-order valence-electron chi connectivity index (χ2n) is 4.53. The molecule has 0 radical (unpaired) electrons. The van der Waals surface area contributed by atoms with Gasteiger partial charge < -0.3 is 5.32 Å². The van der Waals surface area contributed by atoms with Crippen LogP contribution in [-0.2, 0) is 6.42 Å². The molecule has 0 saturated heterocycles. The Hall–Kier alpha value is -2.13. The van der Waals surface area contributed by atoms with Crippen molar-refractivity contribution in [2.24, 2.45) is 0 Å². The number of benzene rings is 1. The quantitative estimate of drug-likeness (QED) is 0.788. The van der Waals surface area contributed by atoms with Crippen LogP contribution in [0.15, 0.2) is 55.0 Å². The summed E-state index contributed by atoms with van der Waals surface area (Å²) in [4.78, 5) is 8.43. The van der Waals surface area contributed by atoms with Crippen LogP contribution in [-0.4, -0.2) is 16.5 Å². The van der Waals surface area contributed by atoms with Crippen molar-refractivity contribution in [3.8, 4) is 0 Å². The molecule has 0 spiro atoms. The van der Waals surface area contributed by atoms with Gasteiger partial charge in [0.05, 0.1) is 16.2 Å². The Balaban J connectivity index is 1.77. The number of pyridine rings is 2. The fourth-order valence-corrected chi connectivity index (χ4v) is 2.39. The normalized spacial score (nSPS) is 10.7. The summed E-state index contributed by atoms with van der Waals surface area (Å²) in [5.41, 5.74) is 3.19. The average molecular weight is 284 g/mol. The van der Waals surface area contributed by atoms with Crippen LogP contribution < -0.4 is 5.32 Å². The molecule has 2 heterocycles. The topological polar surface area (TPSA) is 37.8 Å². The summed E-state index contributed by atoms with van der Waals surface area (Å²) in [7, 11) is 0. The molecule has 0 bridgehead atoms. The van der Waals surface area contributed by atoms with Crippen molar-refractivity contribution in [1.29, 1.82) is 0 Å². The van der Waals surface area contributed by atoms with Gasteiger partial charge in [0.25, 0.3) is 0 Å². The van der Waals surface area contributed by atoms with Crippen LogP contribution in [0.25, 0.3) is 10.9 Å². The monoisotopic (exact) mass is 283 g/mol. The van der Waals surface area contributed by atoms with Crippen LogP contribution in [0.1, 0.15) is 5.56 Å². The number of anilines is 1. The van der Waals surface area contributed by atoms with Crippen molar-refractivity contribution < 1.29 is 0 Å². The summed E-state index contributed by atoms with van der Waals surface area (Å²) in [6, 6.07) is 11.8. The average Bonchev–Trinajstić information content (AvgIpc) is 2.51.